The summed E-state index contributed by atoms with van der Waals surface area (Å²) in [4.78, 5) is 8.07. The maximum atomic E-state index is 5.63. The molecule has 84 valence electrons. The van der Waals surface area contributed by atoms with Crippen molar-refractivity contribution in [2.75, 3.05) is 0 Å². The van der Waals surface area contributed by atoms with Crippen LogP contribution in [0.1, 0.15) is 37.6 Å². The van der Waals surface area contributed by atoms with Crippen molar-refractivity contribution < 1.29 is 0 Å². The van der Waals surface area contributed by atoms with Gasteiger partial charge in [0.05, 0.1) is 11.0 Å². The molecule has 1 aromatic heterocycles. The van der Waals surface area contributed by atoms with Crippen LogP contribution in [0.4, 0.5) is 0 Å². The van der Waals surface area contributed by atoms with Gasteiger partial charge in [0, 0.05) is 12.5 Å². The lowest BCUT2D eigenvalue weighted by molar-refractivity contribution is 0.612. The van der Waals surface area contributed by atoms with Gasteiger partial charge in [0.15, 0.2) is 0 Å². The number of nitrogens with one attached hydrogen (secondary N) is 1. The van der Waals surface area contributed by atoms with Gasteiger partial charge in [0.2, 0.25) is 0 Å². The van der Waals surface area contributed by atoms with Crippen LogP contribution >= 0.6 is 0 Å². The summed E-state index contributed by atoms with van der Waals surface area (Å²) in [6, 6.07) is 6.19. The molecular weight excluding hydrogens is 198 g/mol. The van der Waals surface area contributed by atoms with Crippen LogP contribution in [0.25, 0.3) is 11.0 Å². The summed E-state index contributed by atoms with van der Waals surface area (Å²) >= 11 is 0. The van der Waals surface area contributed by atoms with Crippen molar-refractivity contribution in [2.24, 2.45) is 11.1 Å². The molecule has 1 saturated carbocycles. The summed E-state index contributed by atoms with van der Waals surface area (Å²) in [6.45, 7) is 5.16. The first kappa shape index (κ1) is 9.85. The van der Waals surface area contributed by atoms with Gasteiger partial charge in [-0.2, -0.15) is 0 Å². The number of fused-ring (bicyclic) bond motifs is 1. The van der Waals surface area contributed by atoms with E-state index in [1.165, 1.54) is 6.42 Å². The molecule has 0 radical (unpaired) electrons. The topological polar surface area (TPSA) is 54.7 Å². The largest absolute Gasteiger partial charge is 0.342 e. The summed E-state index contributed by atoms with van der Waals surface area (Å²) in [5.41, 5.74) is 9.36. The van der Waals surface area contributed by atoms with Crippen molar-refractivity contribution in [2.45, 2.75) is 32.7 Å². The van der Waals surface area contributed by atoms with Gasteiger partial charge in [0.1, 0.15) is 5.82 Å². The quantitative estimate of drug-likeness (QED) is 0.808. The van der Waals surface area contributed by atoms with Crippen molar-refractivity contribution in [3.05, 3.63) is 29.6 Å². The lowest BCUT2D eigenvalue weighted by Crippen LogP contribution is -1.95. The molecule has 1 unspecified atom stereocenters. The van der Waals surface area contributed by atoms with Gasteiger partial charge in [-0.3, -0.25) is 0 Å². The summed E-state index contributed by atoms with van der Waals surface area (Å²) in [5, 5.41) is 0. The number of nitrogens with zero attached hydrogens (tertiary/aromatic N) is 1. The van der Waals surface area contributed by atoms with E-state index in [9.17, 15) is 0 Å². The molecular formula is C13H17N3. The normalized spacial score (nSPS) is 22.6. The smallest absolute Gasteiger partial charge is 0.110 e. The van der Waals surface area contributed by atoms with Gasteiger partial charge < -0.3 is 10.7 Å². The zero-order valence-corrected chi connectivity index (χ0v) is 9.75. The Balaban J connectivity index is 2.03. The number of imidazole rings is 1. The van der Waals surface area contributed by atoms with E-state index in [1.54, 1.807) is 0 Å². The fourth-order valence-corrected chi connectivity index (χ4v) is 2.30. The van der Waals surface area contributed by atoms with E-state index in [-0.39, 0.29) is 0 Å². The number of aromatic amines is 1. The van der Waals surface area contributed by atoms with Crippen LogP contribution in [0.5, 0.6) is 0 Å². The Morgan fingerprint density at radius 2 is 2.25 bits per heavy atom. The molecule has 1 aliphatic carbocycles. The molecule has 3 heteroatoms. The van der Waals surface area contributed by atoms with Gasteiger partial charge in [-0.25, -0.2) is 4.98 Å². The Bertz CT molecular complexity index is 539. The fraction of sp³-hybridized carbons (Fsp3) is 0.462. The van der Waals surface area contributed by atoms with E-state index in [2.05, 4.69) is 29.9 Å². The highest BCUT2D eigenvalue weighted by atomic mass is 14.9. The Morgan fingerprint density at radius 1 is 1.50 bits per heavy atom. The minimum Gasteiger partial charge on any atom is -0.342 e. The second-order valence-corrected chi connectivity index (χ2v) is 5.42. The highest BCUT2D eigenvalue weighted by Gasteiger charge is 2.48. The van der Waals surface area contributed by atoms with Gasteiger partial charge in [-0.1, -0.05) is 19.9 Å². The average Bonchev–Trinajstić information content (AvgIpc) is 2.74. The van der Waals surface area contributed by atoms with Crippen LogP contribution < -0.4 is 5.73 Å². The molecule has 1 aromatic carbocycles. The second kappa shape index (κ2) is 3.08. The predicted octanol–water partition coefficient (Wildman–Crippen LogP) is 2.54. The van der Waals surface area contributed by atoms with Crippen molar-refractivity contribution in [1.29, 1.82) is 0 Å². The number of aromatic nitrogens is 2. The lowest BCUT2D eigenvalue weighted by Gasteiger charge is -1.97. The summed E-state index contributed by atoms with van der Waals surface area (Å²) in [7, 11) is 0. The molecule has 1 fully saturated rings. The molecule has 3 N–H and O–H groups in total. The highest BCUT2D eigenvalue weighted by molar-refractivity contribution is 5.76. The monoisotopic (exact) mass is 215 g/mol. The zero-order chi connectivity index (χ0) is 11.3. The van der Waals surface area contributed by atoms with Crippen LogP contribution in [0, 0.1) is 5.41 Å². The van der Waals surface area contributed by atoms with Crippen LogP contribution in [0.3, 0.4) is 0 Å². The molecule has 0 bridgehead atoms. The van der Waals surface area contributed by atoms with Crippen LogP contribution in [0.2, 0.25) is 0 Å². The van der Waals surface area contributed by atoms with Crippen LogP contribution in [0.15, 0.2) is 18.2 Å². The zero-order valence-electron chi connectivity index (χ0n) is 9.75. The Hall–Kier alpha value is -1.35. The van der Waals surface area contributed by atoms with Gasteiger partial charge in [0.25, 0.3) is 0 Å². The first-order valence-corrected chi connectivity index (χ1v) is 5.79. The second-order valence-electron chi connectivity index (χ2n) is 5.42. The number of benzene rings is 1. The summed E-state index contributed by atoms with van der Waals surface area (Å²) < 4.78 is 0. The number of hydrogen-bond acceptors (Lipinski definition) is 2. The molecule has 0 saturated heterocycles. The third-order valence-electron chi connectivity index (χ3n) is 3.64. The van der Waals surface area contributed by atoms with E-state index >= 15 is 0 Å². The van der Waals surface area contributed by atoms with E-state index in [0.717, 1.165) is 22.4 Å². The van der Waals surface area contributed by atoms with E-state index in [0.29, 0.717) is 17.9 Å². The minimum absolute atomic E-state index is 0.421. The Kier molecular flexibility index (Phi) is 1.89. The van der Waals surface area contributed by atoms with E-state index in [4.69, 9.17) is 5.73 Å². The molecule has 3 rings (SSSR count). The molecule has 0 amide bonds. The van der Waals surface area contributed by atoms with Crippen molar-refractivity contribution in [1.82, 2.24) is 9.97 Å². The lowest BCUT2D eigenvalue weighted by atomic mass is 10.1. The predicted molar refractivity (Wildman–Crippen MR) is 65.1 cm³/mol. The molecule has 1 heterocycles. The molecule has 16 heavy (non-hydrogen) atoms. The maximum absolute atomic E-state index is 5.63. The molecule has 0 spiro atoms. The van der Waals surface area contributed by atoms with Crippen molar-refractivity contribution >= 4 is 11.0 Å². The Morgan fingerprint density at radius 3 is 2.88 bits per heavy atom. The van der Waals surface area contributed by atoms with Gasteiger partial charge in [-0.05, 0) is 29.5 Å². The fourth-order valence-electron chi connectivity index (χ4n) is 2.30. The number of hydrogen-bond donors (Lipinski definition) is 2. The van der Waals surface area contributed by atoms with Crippen LogP contribution in [-0.4, -0.2) is 9.97 Å². The van der Waals surface area contributed by atoms with Gasteiger partial charge in [-0.15, -0.1) is 0 Å². The molecule has 1 atom stereocenters. The maximum Gasteiger partial charge on any atom is 0.110 e. The summed E-state index contributed by atoms with van der Waals surface area (Å²) in [5.74, 6) is 1.73. The number of nitrogens with two attached hydrogens (primary N) is 1. The third kappa shape index (κ3) is 1.43. The third-order valence-corrected chi connectivity index (χ3v) is 3.64. The van der Waals surface area contributed by atoms with Gasteiger partial charge >= 0.3 is 0 Å². The molecule has 0 aliphatic heterocycles. The van der Waals surface area contributed by atoms with E-state index in [1.807, 2.05) is 12.1 Å². The molecule has 1 aliphatic rings. The number of rotatable bonds is 2. The van der Waals surface area contributed by atoms with Crippen molar-refractivity contribution in [3.63, 3.8) is 0 Å². The van der Waals surface area contributed by atoms with Crippen LogP contribution in [-0.2, 0) is 6.54 Å². The Labute approximate surface area is 95.1 Å². The minimum atomic E-state index is 0.421. The average molecular weight is 215 g/mol. The first-order valence-electron chi connectivity index (χ1n) is 5.79. The molecule has 2 aromatic rings. The van der Waals surface area contributed by atoms with Crippen molar-refractivity contribution in [3.8, 4) is 0 Å². The standard InChI is InChI=1S/C13H17N3/c1-13(2)6-9(13)12-15-10-4-3-8(7-14)5-11(10)16-12/h3-5,9H,6-7,14H2,1-2H3,(H,15,16). The number of H-pyrrole nitrogens is 1. The first-order chi connectivity index (χ1) is 7.60. The SMILES string of the molecule is CC1(C)CC1c1nc2ccc(CN)cc2[nH]1. The summed E-state index contributed by atoms with van der Waals surface area (Å²) in [6.07, 6.45) is 1.23. The highest BCUT2D eigenvalue weighted by Crippen LogP contribution is 2.57. The van der Waals surface area contributed by atoms with E-state index < -0.39 is 0 Å². The molecule has 3 nitrogen and oxygen atoms in total.